The fraction of sp³-hybridized carbons (Fsp3) is 0.440. The summed E-state index contributed by atoms with van der Waals surface area (Å²) in [5.74, 6) is -0.271. The molecule has 0 aliphatic heterocycles. The van der Waals surface area contributed by atoms with E-state index in [0.717, 1.165) is 44.2 Å². The minimum absolute atomic E-state index is 0.0924. The van der Waals surface area contributed by atoms with Crippen molar-refractivity contribution in [1.29, 1.82) is 0 Å². The Kier molecular flexibility index (Phi) is 7.79. The van der Waals surface area contributed by atoms with E-state index in [1.165, 1.54) is 0 Å². The van der Waals surface area contributed by atoms with Gasteiger partial charge < -0.3 is 27.2 Å². The minimum Gasteiger partial charge on any atom is -0.506 e. The van der Waals surface area contributed by atoms with Gasteiger partial charge >= 0.3 is 0 Å². The fourth-order valence-electron chi connectivity index (χ4n) is 4.22. The number of allylic oxidation sites excluding steroid dienone is 2. The zero-order valence-corrected chi connectivity index (χ0v) is 20.2. The van der Waals surface area contributed by atoms with Gasteiger partial charge in [-0.15, -0.1) is 0 Å². The number of carbonyl (C=O) groups excluding carboxylic acids is 1. The maximum absolute atomic E-state index is 12.1. The summed E-state index contributed by atoms with van der Waals surface area (Å²) in [7, 11) is 0. The summed E-state index contributed by atoms with van der Waals surface area (Å²) < 4.78 is -0.210. The predicted octanol–water partition coefficient (Wildman–Crippen LogP) is 3.74. The number of amides is 1. The highest BCUT2D eigenvalue weighted by molar-refractivity contribution is 7.82. The third-order valence-electron chi connectivity index (χ3n) is 6.53. The number of hydrogen-bond donors (Lipinski definition) is 6. The quantitative estimate of drug-likeness (QED) is 0.114. The third kappa shape index (κ3) is 6.57. The second-order valence-corrected chi connectivity index (χ2v) is 10.2. The number of nitrogens with two attached hydrogens (primary N) is 2. The summed E-state index contributed by atoms with van der Waals surface area (Å²) in [5.41, 5.74) is 13.2. The van der Waals surface area contributed by atoms with E-state index in [1.54, 1.807) is 12.3 Å². The minimum atomic E-state index is -0.621. The van der Waals surface area contributed by atoms with Gasteiger partial charge in [0.05, 0.1) is 17.0 Å². The Morgan fingerprint density at radius 3 is 2.58 bits per heavy atom. The first-order valence-corrected chi connectivity index (χ1v) is 11.9. The molecular weight excluding hydrogens is 434 g/mol. The number of thiol groups is 1. The first-order valence-electron chi connectivity index (χ1n) is 11.4. The molecule has 0 radical (unpaired) electrons. The van der Waals surface area contributed by atoms with Gasteiger partial charge in [-0.1, -0.05) is 31.2 Å². The number of para-hydroxylation sites is 2. The molecule has 0 aromatic heterocycles. The average molecular weight is 470 g/mol. The van der Waals surface area contributed by atoms with Crippen molar-refractivity contribution in [3.05, 3.63) is 60.0 Å². The molecule has 1 saturated carbocycles. The van der Waals surface area contributed by atoms with Crippen LogP contribution < -0.4 is 22.1 Å². The van der Waals surface area contributed by atoms with Gasteiger partial charge in [0.2, 0.25) is 0 Å². The van der Waals surface area contributed by atoms with Gasteiger partial charge in [-0.2, -0.15) is 12.6 Å². The molecule has 7 N–H and O–H groups in total. The van der Waals surface area contributed by atoms with Crippen LogP contribution in [0.4, 0.5) is 5.69 Å². The average Bonchev–Trinajstić information content (AvgIpc) is 2.78. The van der Waals surface area contributed by atoms with Crippen molar-refractivity contribution in [2.45, 2.75) is 68.7 Å². The van der Waals surface area contributed by atoms with Crippen LogP contribution in [0, 0.1) is 0 Å². The van der Waals surface area contributed by atoms with Crippen LogP contribution in [0.15, 0.2) is 65.0 Å². The van der Waals surface area contributed by atoms with Crippen LogP contribution in [0.5, 0.6) is 5.75 Å². The normalized spacial score (nSPS) is 28.2. The van der Waals surface area contributed by atoms with E-state index in [1.807, 2.05) is 43.4 Å². The SMILES string of the molecule is CCC1(N/C=C(/C(N)=O)C(N)=NC2=CCC(C)(S)C=C2)CCC(Nc2ccccc2O)CC1. The highest BCUT2D eigenvalue weighted by atomic mass is 32.1. The molecule has 1 atom stereocenters. The zero-order valence-electron chi connectivity index (χ0n) is 19.3. The van der Waals surface area contributed by atoms with Gasteiger partial charge in [0.15, 0.2) is 0 Å². The summed E-state index contributed by atoms with van der Waals surface area (Å²) in [6.07, 6.45) is 12.7. The van der Waals surface area contributed by atoms with Crippen LogP contribution in [0.25, 0.3) is 0 Å². The van der Waals surface area contributed by atoms with Crippen molar-refractivity contribution in [1.82, 2.24) is 5.32 Å². The number of hydrogen-bond acceptors (Lipinski definition) is 6. The van der Waals surface area contributed by atoms with Crippen LogP contribution in [-0.2, 0) is 4.79 Å². The topological polar surface area (TPSA) is 126 Å². The summed E-state index contributed by atoms with van der Waals surface area (Å²) in [6.45, 7) is 4.15. The second kappa shape index (κ2) is 10.4. The Hall–Kier alpha value is -2.87. The van der Waals surface area contributed by atoms with Crippen molar-refractivity contribution in [3.8, 4) is 5.75 Å². The Morgan fingerprint density at radius 2 is 2.00 bits per heavy atom. The van der Waals surface area contributed by atoms with Crippen molar-refractivity contribution in [2.75, 3.05) is 5.32 Å². The van der Waals surface area contributed by atoms with E-state index >= 15 is 0 Å². The molecule has 1 fully saturated rings. The molecule has 1 aromatic carbocycles. The van der Waals surface area contributed by atoms with E-state index in [-0.39, 0.29) is 33.5 Å². The van der Waals surface area contributed by atoms with E-state index < -0.39 is 5.91 Å². The Morgan fingerprint density at radius 1 is 1.30 bits per heavy atom. The van der Waals surface area contributed by atoms with Gasteiger partial charge in [-0.05, 0) is 63.7 Å². The predicted molar refractivity (Wildman–Crippen MR) is 138 cm³/mol. The van der Waals surface area contributed by atoms with E-state index in [2.05, 4.69) is 35.2 Å². The molecule has 0 bridgehead atoms. The fourth-order valence-corrected chi connectivity index (χ4v) is 4.39. The van der Waals surface area contributed by atoms with E-state index in [9.17, 15) is 9.90 Å². The molecule has 2 aliphatic carbocycles. The van der Waals surface area contributed by atoms with Gasteiger partial charge in [-0.25, -0.2) is 4.99 Å². The molecule has 2 aliphatic rings. The molecule has 33 heavy (non-hydrogen) atoms. The van der Waals surface area contributed by atoms with Gasteiger partial charge in [0, 0.05) is 22.5 Å². The number of phenolic OH excluding ortho intramolecular Hbond substituents is 1. The monoisotopic (exact) mass is 469 g/mol. The van der Waals surface area contributed by atoms with Crippen molar-refractivity contribution < 1.29 is 9.90 Å². The zero-order chi connectivity index (χ0) is 24.1. The lowest BCUT2D eigenvalue weighted by Gasteiger charge is -2.40. The van der Waals surface area contributed by atoms with E-state index in [4.69, 9.17) is 11.5 Å². The first-order chi connectivity index (χ1) is 15.6. The van der Waals surface area contributed by atoms with E-state index in [0.29, 0.717) is 5.70 Å². The maximum Gasteiger partial charge on any atom is 0.253 e. The molecular formula is C25H35N5O2S. The smallest absolute Gasteiger partial charge is 0.253 e. The molecule has 0 saturated heterocycles. The molecule has 0 heterocycles. The molecule has 3 rings (SSSR count). The Labute approximate surface area is 201 Å². The number of carbonyl (C=O) groups is 1. The number of rotatable bonds is 8. The summed E-state index contributed by atoms with van der Waals surface area (Å²) in [5, 5.41) is 16.9. The number of nitrogens with one attached hydrogen (secondary N) is 2. The number of amidine groups is 1. The van der Waals surface area contributed by atoms with Crippen molar-refractivity contribution in [2.24, 2.45) is 16.5 Å². The van der Waals surface area contributed by atoms with Crippen LogP contribution >= 0.6 is 12.6 Å². The molecule has 1 aromatic rings. The summed E-state index contributed by atoms with van der Waals surface area (Å²) in [4.78, 5) is 16.5. The molecule has 1 unspecified atom stereocenters. The maximum atomic E-state index is 12.1. The van der Waals surface area contributed by atoms with Gasteiger partial charge in [-0.3, -0.25) is 4.79 Å². The highest BCUT2D eigenvalue weighted by Crippen LogP contribution is 2.34. The Bertz CT molecular complexity index is 988. The van der Waals surface area contributed by atoms with Gasteiger partial charge in [0.1, 0.15) is 11.6 Å². The highest BCUT2D eigenvalue weighted by Gasteiger charge is 2.33. The third-order valence-corrected chi connectivity index (χ3v) is 6.87. The largest absolute Gasteiger partial charge is 0.506 e. The van der Waals surface area contributed by atoms with Crippen LogP contribution in [-0.4, -0.2) is 33.2 Å². The van der Waals surface area contributed by atoms with Crippen molar-refractivity contribution in [3.63, 3.8) is 0 Å². The van der Waals surface area contributed by atoms with Crippen LogP contribution in [0.3, 0.4) is 0 Å². The number of benzene rings is 1. The number of anilines is 1. The second-order valence-electron chi connectivity index (χ2n) is 9.16. The summed E-state index contributed by atoms with van der Waals surface area (Å²) in [6, 6.07) is 7.55. The van der Waals surface area contributed by atoms with Gasteiger partial charge in [0.25, 0.3) is 5.91 Å². The first kappa shape index (κ1) is 24.8. The number of phenols is 1. The summed E-state index contributed by atoms with van der Waals surface area (Å²) >= 11 is 4.55. The molecule has 178 valence electrons. The number of aliphatic imine (C=N–C) groups is 1. The lowest BCUT2D eigenvalue weighted by molar-refractivity contribution is -0.114. The van der Waals surface area contributed by atoms with Crippen molar-refractivity contribution >= 4 is 30.1 Å². The molecule has 7 nitrogen and oxygen atoms in total. The van der Waals surface area contributed by atoms with Crippen LogP contribution in [0.1, 0.15) is 52.4 Å². The number of primary amides is 1. The number of aromatic hydroxyl groups is 1. The molecule has 0 spiro atoms. The Balaban J connectivity index is 1.66. The standard InChI is InChI=1S/C25H35N5O2S/c1-3-25(14-10-17(11-15-25)29-20-6-4-5-7-21(20)31)28-16-19(23(27)32)22(26)30-18-8-12-24(2,33)13-9-18/h4-9,12,16-17,28-29,31,33H,3,10-11,13-15H2,1-2H3,(H2,26,30)(H2,27,32)/b19-16+. The molecule has 1 amide bonds. The lowest BCUT2D eigenvalue weighted by Crippen LogP contribution is -2.47. The van der Waals surface area contributed by atoms with Crippen LogP contribution in [0.2, 0.25) is 0 Å². The number of nitrogens with zero attached hydrogens (tertiary/aromatic N) is 1. The molecule has 8 heteroatoms. The lowest BCUT2D eigenvalue weighted by atomic mass is 9.77.